The van der Waals surface area contributed by atoms with Crippen molar-refractivity contribution in [2.75, 3.05) is 5.75 Å². The van der Waals surface area contributed by atoms with E-state index in [4.69, 9.17) is 9.47 Å². The number of rotatable bonds is 8. The van der Waals surface area contributed by atoms with E-state index >= 15 is 0 Å². The largest absolute Gasteiger partial charge is 0.480 e. The van der Waals surface area contributed by atoms with E-state index in [2.05, 4.69) is 5.32 Å². The maximum Gasteiger partial charge on any atom is 0.408 e. The molecule has 6 nitrogen and oxygen atoms in total. The van der Waals surface area contributed by atoms with Gasteiger partial charge >= 0.3 is 12.1 Å². The fraction of sp³-hybridized carbons (Fsp3) is 0.300. The monoisotopic (exact) mass is 421 g/mol. The third-order valence-corrected chi connectivity index (χ3v) is 5.57. The molecule has 0 aliphatic heterocycles. The van der Waals surface area contributed by atoms with E-state index in [0.29, 0.717) is 0 Å². The summed E-state index contributed by atoms with van der Waals surface area (Å²) in [7, 11) is 2.76. The van der Waals surface area contributed by atoms with Crippen molar-refractivity contribution in [1.29, 1.82) is 0 Å². The lowest BCUT2D eigenvalue weighted by Crippen LogP contribution is -2.44. The molecular formula is C20H23NO5S2. The number of carboxylic acid groups (broad SMARTS) is 1. The van der Waals surface area contributed by atoms with Crippen LogP contribution in [0.15, 0.2) is 59.5 Å². The van der Waals surface area contributed by atoms with Crippen LogP contribution in [0.4, 0.5) is 4.79 Å². The van der Waals surface area contributed by atoms with E-state index in [9.17, 15) is 14.7 Å². The molecule has 0 aliphatic rings. The highest BCUT2D eigenvalue weighted by Gasteiger charge is 2.24. The average Bonchev–Trinajstić information content (AvgIpc) is 2.61. The number of alkyl carbamates (subject to hydrolysis) is 1. The van der Waals surface area contributed by atoms with Crippen LogP contribution in [0.3, 0.4) is 0 Å². The van der Waals surface area contributed by atoms with Gasteiger partial charge in [-0.1, -0.05) is 39.8 Å². The minimum Gasteiger partial charge on any atom is -0.480 e. The summed E-state index contributed by atoms with van der Waals surface area (Å²) in [6.07, 6.45) is -0.743. The lowest BCUT2D eigenvalue weighted by molar-refractivity contribution is -0.138. The minimum atomic E-state index is -1.11. The van der Waals surface area contributed by atoms with Gasteiger partial charge in [-0.05, 0) is 57.2 Å². The number of nitrogens with one attached hydrogen (secondary N) is 1. The van der Waals surface area contributed by atoms with Crippen molar-refractivity contribution in [1.82, 2.24) is 5.32 Å². The molecule has 0 bridgehead atoms. The molecule has 1 atom stereocenters. The molecule has 1 unspecified atom stereocenters. The third kappa shape index (κ3) is 8.14. The van der Waals surface area contributed by atoms with Crippen LogP contribution < -0.4 is 10.1 Å². The Kier molecular flexibility index (Phi) is 8.07. The molecular weight excluding hydrogens is 398 g/mol. The van der Waals surface area contributed by atoms with Crippen LogP contribution in [0.25, 0.3) is 0 Å². The van der Waals surface area contributed by atoms with E-state index in [-0.39, 0.29) is 5.75 Å². The first kappa shape index (κ1) is 22.0. The second-order valence-electron chi connectivity index (χ2n) is 6.79. The lowest BCUT2D eigenvalue weighted by atomic mass is 10.2. The van der Waals surface area contributed by atoms with Gasteiger partial charge in [0.15, 0.2) is 0 Å². The Morgan fingerprint density at radius 3 is 2.21 bits per heavy atom. The van der Waals surface area contributed by atoms with Gasteiger partial charge in [-0.2, -0.15) is 0 Å². The fourth-order valence-corrected chi connectivity index (χ4v) is 4.15. The number of hydrogen-bond donors (Lipinski definition) is 2. The number of amides is 1. The van der Waals surface area contributed by atoms with Crippen LogP contribution in [0.2, 0.25) is 0 Å². The molecule has 28 heavy (non-hydrogen) atoms. The third-order valence-electron chi connectivity index (χ3n) is 3.18. The van der Waals surface area contributed by atoms with E-state index in [0.717, 1.165) is 16.4 Å². The number of para-hydroxylation sites is 1. The number of carbonyl (C=O) groups excluding carboxylic acids is 1. The summed E-state index contributed by atoms with van der Waals surface area (Å²) in [5.41, 5.74) is -0.682. The Bertz CT molecular complexity index is 775. The van der Waals surface area contributed by atoms with Gasteiger partial charge in [0.25, 0.3) is 0 Å². The Morgan fingerprint density at radius 1 is 1.04 bits per heavy atom. The molecule has 0 saturated heterocycles. The van der Waals surface area contributed by atoms with Gasteiger partial charge in [-0.3, -0.25) is 0 Å². The summed E-state index contributed by atoms with van der Waals surface area (Å²) >= 11 is 0. The summed E-state index contributed by atoms with van der Waals surface area (Å²) in [4.78, 5) is 24.1. The molecule has 0 radical (unpaired) electrons. The fourth-order valence-electron chi connectivity index (χ4n) is 1.98. The van der Waals surface area contributed by atoms with Crippen molar-refractivity contribution < 1.29 is 24.2 Å². The van der Waals surface area contributed by atoms with Crippen molar-refractivity contribution >= 4 is 33.7 Å². The summed E-state index contributed by atoms with van der Waals surface area (Å²) in [6, 6.07) is 15.9. The smallest absolute Gasteiger partial charge is 0.408 e. The molecule has 2 N–H and O–H groups in total. The van der Waals surface area contributed by atoms with E-state index in [1.165, 1.54) is 21.6 Å². The predicted octanol–water partition coefficient (Wildman–Crippen LogP) is 5.20. The van der Waals surface area contributed by atoms with Crippen LogP contribution >= 0.6 is 21.6 Å². The van der Waals surface area contributed by atoms with E-state index < -0.39 is 23.7 Å². The predicted molar refractivity (Wildman–Crippen MR) is 112 cm³/mol. The first-order chi connectivity index (χ1) is 13.2. The highest BCUT2D eigenvalue weighted by molar-refractivity contribution is 8.76. The summed E-state index contributed by atoms with van der Waals surface area (Å²) < 4.78 is 10.8. The van der Waals surface area contributed by atoms with Crippen molar-refractivity contribution in [3.05, 3.63) is 54.6 Å². The van der Waals surface area contributed by atoms with Gasteiger partial charge < -0.3 is 19.9 Å². The van der Waals surface area contributed by atoms with Gasteiger partial charge in [0, 0.05) is 10.6 Å². The number of aliphatic carboxylic acids is 1. The summed E-state index contributed by atoms with van der Waals surface area (Å²) in [5, 5.41) is 11.7. The normalized spacial score (nSPS) is 12.1. The van der Waals surface area contributed by atoms with Gasteiger partial charge in [0.05, 0.1) is 0 Å². The average molecular weight is 422 g/mol. The highest BCUT2D eigenvalue weighted by atomic mass is 33.1. The molecule has 2 aromatic carbocycles. The molecule has 0 fully saturated rings. The summed E-state index contributed by atoms with van der Waals surface area (Å²) in [6.45, 7) is 5.16. The Hall–Kier alpha value is -2.32. The molecule has 2 rings (SSSR count). The standard InChI is InChI=1S/C20H23NO5S2/c1-20(2,3)26-19(24)21-17(18(22)23)13-27-28-16-11-9-15(10-12-16)25-14-7-5-4-6-8-14/h4-12,17H,13H2,1-3H3,(H,21,24)(H,22,23). The molecule has 8 heteroatoms. The maximum absolute atomic E-state index is 11.8. The van der Waals surface area contributed by atoms with Gasteiger partial charge in [0.1, 0.15) is 23.1 Å². The van der Waals surface area contributed by atoms with Crippen LogP contribution in [0.1, 0.15) is 20.8 Å². The number of hydrogen-bond acceptors (Lipinski definition) is 6. The molecule has 0 heterocycles. The molecule has 0 saturated carbocycles. The quantitative estimate of drug-likeness (QED) is 0.567. The van der Waals surface area contributed by atoms with Crippen molar-refractivity contribution in [3.63, 3.8) is 0 Å². The van der Waals surface area contributed by atoms with E-state index in [1.807, 2.05) is 54.6 Å². The van der Waals surface area contributed by atoms with Gasteiger partial charge in [-0.25, -0.2) is 9.59 Å². The Balaban J connectivity index is 1.81. The van der Waals surface area contributed by atoms with Crippen LogP contribution in [-0.4, -0.2) is 34.6 Å². The first-order valence-corrected chi connectivity index (χ1v) is 10.9. The lowest BCUT2D eigenvalue weighted by Gasteiger charge is -2.21. The second kappa shape index (κ2) is 10.3. The zero-order valence-electron chi connectivity index (χ0n) is 15.9. The highest BCUT2D eigenvalue weighted by Crippen LogP contribution is 2.33. The van der Waals surface area contributed by atoms with E-state index in [1.54, 1.807) is 20.8 Å². The second-order valence-corrected chi connectivity index (χ2v) is 9.21. The molecule has 0 aliphatic carbocycles. The van der Waals surface area contributed by atoms with Crippen LogP contribution in [0, 0.1) is 0 Å². The zero-order valence-corrected chi connectivity index (χ0v) is 17.5. The maximum atomic E-state index is 11.8. The Labute approximate surface area is 172 Å². The zero-order chi connectivity index (χ0) is 20.6. The number of benzene rings is 2. The van der Waals surface area contributed by atoms with Crippen molar-refractivity contribution in [2.24, 2.45) is 0 Å². The van der Waals surface area contributed by atoms with Crippen molar-refractivity contribution in [3.8, 4) is 11.5 Å². The number of carbonyl (C=O) groups is 2. The van der Waals surface area contributed by atoms with Crippen LogP contribution in [-0.2, 0) is 9.53 Å². The topological polar surface area (TPSA) is 84.9 Å². The first-order valence-electron chi connectivity index (χ1n) is 8.58. The van der Waals surface area contributed by atoms with Crippen LogP contribution in [0.5, 0.6) is 11.5 Å². The van der Waals surface area contributed by atoms with Crippen molar-refractivity contribution in [2.45, 2.75) is 37.3 Å². The minimum absolute atomic E-state index is 0.196. The molecule has 1 amide bonds. The number of carboxylic acids is 1. The SMILES string of the molecule is CC(C)(C)OC(=O)NC(CSSc1ccc(Oc2ccccc2)cc1)C(=O)O. The molecule has 150 valence electrons. The Morgan fingerprint density at radius 2 is 1.64 bits per heavy atom. The van der Waals surface area contributed by atoms with Gasteiger partial charge in [0.2, 0.25) is 0 Å². The van der Waals surface area contributed by atoms with Gasteiger partial charge in [-0.15, -0.1) is 0 Å². The molecule has 0 aromatic heterocycles. The number of ether oxygens (including phenoxy) is 2. The summed E-state index contributed by atoms with van der Waals surface area (Å²) in [5.74, 6) is 0.567. The molecule has 2 aromatic rings. The molecule has 0 spiro atoms.